The summed E-state index contributed by atoms with van der Waals surface area (Å²) in [5, 5.41) is 4.89. The van der Waals surface area contributed by atoms with Crippen molar-refractivity contribution in [3.8, 4) is 11.1 Å². The third-order valence-electron chi connectivity index (χ3n) is 8.05. The molecule has 3 heterocycles. The van der Waals surface area contributed by atoms with Gasteiger partial charge in [0.2, 0.25) is 0 Å². The van der Waals surface area contributed by atoms with Crippen molar-refractivity contribution in [2.45, 2.75) is 58.6 Å². The van der Waals surface area contributed by atoms with E-state index in [1.165, 1.54) is 10.9 Å². The molecule has 1 amide bonds. The Labute approximate surface area is 267 Å². The van der Waals surface area contributed by atoms with Gasteiger partial charge >= 0.3 is 12.1 Å². The summed E-state index contributed by atoms with van der Waals surface area (Å²) in [4.78, 5) is 31.2. The van der Waals surface area contributed by atoms with Gasteiger partial charge < -0.3 is 24.2 Å². The van der Waals surface area contributed by atoms with Crippen LogP contribution in [0.4, 0.5) is 25.0 Å². The number of piperazine rings is 1. The standard InChI is InChI=1S/C33H40ClF2N5O4/c1-5-44-31(42)27-20-37-41(29(27)30(35)36)25-7-6-14-40(21-25)28-19-24(12-13-26(28)22-8-10-23(34)11-9-22)38-15-17-39(18-16-38)32(43)45-33(2,3)4/h8-13,19-20,25,30H,5-7,14-18,21H2,1-4H3. The molecular weight excluding hydrogens is 604 g/mol. The quantitative estimate of drug-likeness (QED) is 0.252. The molecule has 9 nitrogen and oxygen atoms in total. The zero-order valence-corrected chi connectivity index (χ0v) is 26.9. The Hall–Kier alpha value is -3.86. The molecule has 0 bridgehead atoms. The Balaban J connectivity index is 1.43. The highest BCUT2D eigenvalue weighted by molar-refractivity contribution is 6.30. The highest BCUT2D eigenvalue weighted by Gasteiger charge is 2.32. The maximum Gasteiger partial charge on any atom is 0.410 e. The average molecular weight is 644 g/mol. The van der Waals surface area contributed by atoms with E-state index in [1.54, 1.807) is 11.8 Å². The average Bonchev–Trinajstić information content (AvgIpc) is 3.47. The van der Waals surface area contributed by atoms with Gasteiger partial charge in [-0.05, 0) is 70.4 Å². The molecule has 0 aliphatic carbocycles. The van der Waals surface area contributed by atoms with Crippen molar-refractivity contribution in [1.29, 1.82) is 0 Å². The minimum Gasteiger partial charge on any atom is -0.462 e. The zero-order valence-electron chi connectivity index (χ0n) is 26.1. The normalized spacial score (nSPS) is 17.5. The first-order valence-electron chi connectivity index (χ1n) is 15.4. The van der Waals surface area contributed by atoms with Crippen LogP contribution in [0.3, 0.4) is 0 Å². The lowest BCUT2D eigenvalue weighted by atomic mass is 9.98. The molecule has 12 heteroatoms. The highest BCUT2D eigenvalue weighted by atomic mass is 35.5. The van der Waals surface area contributed by atoms with E-state index in [0.717, 1.165) is 35.5 Å². The monoisotopic (exact) mass is 643 g/mol. The van der Waals surface area contributed by atoms with Crippen molar-refractivity contribution < 1.29 is 27.8 Å². The van der Waals surface area contributed by atoms with Crippen molar-refractivity contribution in [3.63, 3.8) is 0 Å². The van der Waals surface area contributed by atoms with E-state index in [-0.39, 0.29) is 24.3 Å². The Morgan fingerprint density at radius 2 is 1.73 bits per heavy atom. The predicted molar refractivity (Wildman–Crippen MR) is 171 cm³/mol. The van der Waals surface area contributed by atoms with Gasteiger partial charge in [0.1, 0.15) is 16.9 Å². The Kier molecular flexibility index (Phi) is 9.86. The van der Waals surface area contributed by atoms with Gasteiger partial charge in [-0.15, -0.1) is 0 Å². The maximum atomic E-state index is 14.3. The molecule has 2 aliphatic rings. The lowest BCUT2D eigenvalue weighted by molar-refractivity contribution is 0.0240. The van der Waals surface area contributed by atoms with E-state index in [0.29, 0.717) is 44.2 Å². The molecule has 2 fully saturated rings. The van der Waals surface area contributed by atoms with Crippen LogP contribution in [0.5, 0.6) is 0 Å². The molecule has 2 aromatic carbocycles. The van der Waals surface area contributed by atoms with Crippen LogP contribution in [0, 0.1) is 0 Å². The van der Waals surface area contributed by atoms with Gasteiger partial charge in [0.25, 0.3) is 6.43 Å². The number of hydrogen-bond acceptors (Lipinski definition) is 7. The summed E-state index contributed by atoms with van der Waals surface area (Å²) in [6.07, 6.45) is -0.610. The molecule has 242 valence electrons. The number of benzene rings is 2. The summed E-state index contributed by atoms with van der Waals surface area (Å²) in [6.45, 7) is 10.8. The first-order chi connectivity index (χ1) is 21.4. The summed E-state index contributed by atoms with van der Waals surface area (Å²) in [7, 11) is 0. The third kappa shape index (κ3) is 7.52. The molecule has 0 N–H and O–H groups in total. The van der Waals surface area contributed by atoms with Gasteiger partial charge in [0.05, 0.1) is 18.8 Å². The minimum absolute atomic E-state index is 0.0871. The van der Waals surface area contributed by atoms with Gasteiger partial charge in [0, 0.05) is 61.2 Å². The Morgan fingerprint density at radius 1 is 1.02 bits per heavy atom. The molecule has 1 unspecified atom stereocenters. The summed E-state index contributed by atoms with van der Waals surface area (Å²) in [6, 6.07) is 13.5. The van der Waals surface area contributed by atoms with Crippen molar-refractivity contribution in [1.82, 2.24) is 14.7 Å². The molecule has 1 aromatic heterocycles. The number of rotatable bonds is 7. The third-order valence-corrected chi connectivity index (χ3v) is 8.30. The number of ether oxygens (including phenoxy) is 2. The molecular formula is C33H40ClF2N5O4. The van der Waals surface area contributed by atoms with Gasteiger partial charge in [-0.1, -0.05) is 29.8 Å². The number of nitrogens with zero attached hydrogens (tertiary/aromatic N) is 5. The molecule has 2 aliphatic heterocycles. The van der Waals surface area contributed by atoms with Gasteiger partial charge in [-0.2, -0.15) is 5.10 Å². The van der Waals surface area contributed by atoms with Crippen LogP contribution < -0.4 is 9.80 Å². The predicted octanol–water partition coefficient (Wildman–Crippen LogP) is 7.22. The molecule has 0 spiro atoms. The van der Waals surface area contributed by atoms with Crippen LogP contribution in [0.2, 0.25) is 5.02 Å². The van der Waals surface area contributed by atoms with E-state index < -0.39 is 23.7 Å². The largest absolute Gasteiger partial charge is 0.462 e. The molecule has 0 saturated carbocycles. The topological polar surface area (TPSA) is 80.1 Å². The molecule has 45 heavy (non-hydrogen) atoms. The second-order valence-electron chi connectivity index (χ2n) is 12.3. The number of aromatic nitrogens is 2. The van der Waals surface area contributed by atoms with Crippen molar-refractivity contribution in [2.24, 2.45) is 0 Å². The highest BCUT2D eigenvalue weighted by Crippen LogP contribution is 2.39. The number of esters is 1. The van der Waals surface area contributed by atoms with Crippen molar-refractivity contribution in [3.05, 3.63) is 64.9 Å². The van der Waals surface area contributed by atoms with E-state index in [9.17, 15) is 18.4 Å². The van der Waals surface area contributed by atoms with Gasteiger partial charge in [-0.3, -0.25) is 4.68 Å². The Morgan fingerprint density at radius 3 is 2.38 bits per heavy atom. The van der Waals surface area contributed by atoms with Crippen LogP contribution in [-0.4, -0.2) is 78.2 Å². The zero-order chi connectivity index (χ0) is 32.3. The van der Waals surface area contributed by atoms with Crippen LogP contribution in [0.15, 0.2) is 48.7 Å². The fourth-order valence-corrected chi connectivity index (χ4v) is 6.07. The van der Waals surface area contributed by atoms with Crippen LogP contribution in [0.25, 0.3) is 11.1 Å². The molecule has 2 saturated heterocycles. The van der Waals surface area contributed by atoms with Crippen LogP contribution >= 0.6 is 11.6 Å². The molecule has 1 atom stereocenters. The van der Waals surface area contributed by atoms with Crippen LogP contribution in [-0.2, 0) is 9.47 Å². The second-order valence-corrected chi connectivity index (χ2v) is 12.8. The number of carbonyl (C=O) groups excluding carboxylic acids is 2. The maximum absolute atomic E-state index is 14.3. The van der Waals surface area contributed by atoms with Crippen molar-refractivity contribution >= 4 is 35.0 Å². The summed E-state index contributed by atoms with van der Waals surface area (Å²) in [5.41, 5.74) is 2.78. The summed E-state index contributed by atoms with van der Waals surface area (Å²) < 4.78 is 40.5. The van der Waals surface area contributed by atoms with E-state index in [2.05, 4.69) is 33.1 Å². The number of amides is 1. The lowest BCUT2D eigenvalue weighted by Gasteiger charge is -2.39. The first kappa shape index (κ1) is 32.5. The van der Waals surface area contributed by atoms with E-state index in [1.807, 2.05) is 45.0 Å². The van der Waals surface area contributed by atoms with Crippen LogP contribution in [0.1, 0.15) is 69.1 Å². The smallest absolute Gasteiger partial charge is 0.410 e. The van der Waals surface area contributed by atoms with E-state index >= 15 is 0 Å². The van der Waals surface area contributed by atoms with Crippen molar-refractivity contribution in [2.75, 3.05) is 55.7 Å². The first-order valence-corrected chi connectivity index (χ1v) is 15.7. The fourth-order valence-electron chi connectivity index (χ4n) is 5.95. The fraction of sp³-hybridized carbons (Fsp3) is 0.485. The summed E-state index contributed by atoms with van der Waals surface area (Å²) >= 11 is 6.20. The van der Waals surface area contributed by atoms with Gasteiger partial charge in [-0.25, -0.2) is 18.4 Å². The minimum atomic E-state index is -2.88. The molecule has 3 aromatic rings. The summed E-state index contributed by atoms with van der Waals surface area (Å²) in [5.74, 6) is -0.795. The number of halogens is 3. The number of anilines is 2. The molecule has 0 radical (unpaired) electrons. The Bertz CT molecular complexity index is 1500. The second kappa shape index (κ2) is 13.6. The molecule has 5 rings (SSSR count). The SMILES string of the molecule is CCOC(=O)c1cnn(C2CCCN(c3cc(N4CCN(C(=O)OC(C)(C)C)CC4)ccc3-c3ccc(Cl)cc3)C2)c1C(F)F. The number of alkyl halides is 2. The number of carbonyl (C=O) groups is 2. The lowest BCUT2D eigenvalue weighted by Crippen LogP contribution is -2.50. The number of piperidine rings is 1. The van der Waals surface area contributed by atoms with Gasteiger partial charge in [0.15, 0.2) is 0 Å². The number of hydrogen-bond donors (Lipinski definition) is 0. The van der Waals surface area contributed by atoms with E-state index in [4.69, 9.17) is 21.1 Å².